The highest BCUT2D eigenvalue weighted by molar-refractivity contribution is 6.16. The van der Waals surface area contributed by atoms with Gasteiger partial charge in [0.05, 0.1) is 26.9 Å². The van der Waals surface area contributed by atoms with Crippen LogP contribution in [0.25, 0.3) is 11.0 Å². The number of carbonyl (C=O) groups excluding carboxylic acids is 2. The Bertz CT molecular complexity index is 1010. The maximum Gasteiger partial charge on any atom is 0.255 e. The highest BCUT2D eigenvalue weighted by Crippen LogP contribution is 2.39. The van der Waals surface area contributed by atoms with E-state index in [1.807, 2.05) is 0 Å². The number of primary amides is 1. The third kappa shape index (κ3) is 3.57. The summed E-state index contributed by atoms with van der Waals surface area (Å²) in [6.07, 6.45) is 1.37. The lowest BCUT2D eigenvalue weighted by atomic mass is 10.0. The molecule has 0 atom stereocenters. The zero-order valence-corrected chi connectivity index (χ0v) is 15.6. The van der Waals surface area contributed by atoms with Gasteiger partial charge in [0.25, 0.3) is 5.91 Å². The van der Waals surface area contributed by atoms with Gasteiger partial charge in [-0.05, 0) is 30.3 Å². The predicted molar refractivity (Wildman–Crippen MR) is 100 cm³/mol. The summed E-state index contributed by atoms with van der Waals surface area (Å²) in [5.74, 6) is 0.616. The van der Waals surface area contributed by atoms with Gasteiger partial charge < -0.3 is 29.1 Å². The van der Waals surface area contributed by atoms with Gasteiger partial charge in [0.2, 0.25) is 5.75 Å². The fourth-order valence-electron chi connectivity index (χ4n) is 2.80. The molecule has 1 amide bonds. The van der Waals surface area contributed by atoms with Gasteiger partial charge in [0.15, 0.2) is 23.9 Å². The van der Waals surface area contributed by atoms with Gasteiger partial charge in [-0.25, -0.2) is 0 Å². The molecule has 0 bridgehead atoms. The normalized spacial score (nSPS) is 10.5. The largest absolute Gasteiger partial charge is 0.493 e. The number of carbonyl (C=O) groups is 2. The average molecular weight is 385 g/mol. The van der Waals surface area contributed by atoms with Crippen LogP contribution in [0.4, 0.5) is 0 Å². The summed E-state index contributed by atoms with van der Waals surface area (Å²) in [7, 11) is 4.43. The molecule has 0 unspecified atom stereocenters. The standard InChI is InChI=1S/C20H19NO7/c1-24-16-6-11(7-17(25-2)20(16)26-3)19(23)14-9-28-15-5-4-12(8-13(14)15)27-10-18(21)22/h4-9H,10H2,1-3H3,(H2,21,22). The molecule has 2 N–H and O–H groups in total. The zero-order chi connectivity index (χ0) is 20.3. The van der Waals surface area contributed by atoms with Crippen molar-refractivity contribution in [3.63, 3.8) is 0 Å². The second-order valence-electron chi connectivity index (χ2n) is 5.81. The number of methoxy groups -OCH3 is 3. The molecular formula is C20H19NO7. The van der Waals surface area contributed by atoms with E-state index in [9.17, 15) is 9.59 Å². The first-order valence-corrected chi connectivity index (χ1v) is 8.25. The molecule has 0 fully saturated rings. The summed E-state index contributed by atoms with van der Waals surface area (Å²) in [5.41, 5.74) is 6.26. The highest BCUT2D eigenvalue weighted by Gasteiger charge is 2.21. The van der Waals surface area contributed by atoms with Crippen molar-refractivity contribution in [1.29, 1.82) is 0 Å². The monoisotopic (exact) mass is 385 g/mol. The van der Waals surface area contributed by atoms with Gasteiger partial charge in [-0.15, -0.1) is 0 Å². The number of nitrogens with two attached hydrogens (primary N) is 1. The molecule has 2 aromatic carbocycles. The van der Waals surface area contributed by atoms with Crippen LogP contribution in [0.1, 0.15) is 15.9 Å². The van der Waals surface area contributed by atoms with Gasteiger partial charge in [-0.1, -0.05) is 0 Å². The van der Waals surface area contributed by atoms with Crippen LogP contribution in [0.5, 0.6) is 23.0 Å². The van der Waals surface area contributed by atoms with Crippen LogP contribution in [0.3, 0.4) is 0 Å². The summed E-state index contributed by atoms with van der Waals surface area (Å²) in [6.45, 7) is -0.264. The molecule has 0 saturated heterocycles. The number of fused-ring (bicyclic) bond motifs is 1. The smallest absolute Gasteiger partial charge is 0.255 e. The molecule has 0 saturated carbocycles. The van der Waals surface area contributed by atoms with Crippen molar-refractivity contribution < 1.29 is 33.0 Å². The summed E-state index contributed by atoms with van der Waals surface area (Å²) < 4.78 is 26.7. The molecule has 0 spiro atoms. The Labute approximate surface area is 160 Å². The van der Waals surface area contributed by atoms with Crippen molar-refractivity contribution in [3.05, 3.63) is 47.7 Å². The van der Waals surface area contributed by atoms with E-state index in [0.717, 1.165) is 0 Å². The average Bonchev–Trinajstić information content (AvgIpc) is 3.13. The summed E-state index contributed by atoms with van der Waals surface area (Å²) in [5, 5.41) is 0.542. The van der Waals surface area contributed by atoms with Gasteiger partial charge >= 0.3 is 0 Å². The van der Waals surface area contributed by atoms with Gasteiger partial charge in [0, 0.05) is 10.9 Å². The number of amides is 1. The second-order valence-corrected chi connectivity index (χ2v) is 5.81. The Morgan fingerprint density at radius 3 is 2.25 bits per heavy atom. The van der Waals surface area contributed by atoms with Gasteiger partial charge in [-0.2, -0.15) is 0 Å². The van der Waals surface area contributed by atoms with Crippen molar-refractivity contribution in [2.75, 3.05) is 27.9 Å². The SMILES string of the molecule is COc1cc(C(=O)c2coc3ccc(OCC(N)=O)cc23)cc(OC)c1OC. The molecule has 146 valence electrons. The van der Waals surface area contributed by atoms with Crippen LogP contribution in [0.15, 0.2) is 41.0 Å². The summed E-state index contributed by atoms with van der Waals surface area (Å²) >= 11 is 0. The maximum absolute atomic E-state index is 13.1. The third-order valence-electron chi connectivity index (χ3n) is 4.10. The minimum absolute atomic E-state index is 0.264. The van der Waals surface area contributed by atoms with Crippen molar-refractivity contribution in [1.82, 2.24) is 0 Å². The first-order valence-electron chi connectivity index (χ1n) is 8.25. The molecule has 0 aliphatic carbocycles. The van der Waals surface area contributed by atoms with E-state index in [2.05, 4.69) is 0 Å². The van der Waals surface area contributed by atoms with Crippen molar-refractivity contribution in [2.24, 2.45) is 5.73 Å². The molecule has 8 heteroatoms. The van der Waals surface area contributed by atoms with Crippen molar-refractivity contribution in [3.8, 4) is 23.0 Å². The van der Waals surface area contributed by atoms with Crippen LogP contribution < -0.4 is 24.7 Å². The third-order valence-corrected chi connectivity index (χ3v) is 4.10. The zero-order valence-electron chi connectivity index (χ0n) is 15.6. The van der Waals surface area contributed by atoms with E-state index in [4.69, 9.17) is 29.1 Å². The fraction of sp³-hybridized carbons (Fsp3) is 0.200. The fourth-order valence-corrected chi connectivity index (χ4v) is 2.80. The molecule has 1 aromatic heterocycles. The van der Waals surface area contributed by atoms with E-state index >= 15 is 0 Å². The van der Waals surface area contributed by atoms with Crippen LogP contribution in [-0.2, 0) is 4.79 Å². The maximum atomic E-state index is 13.1. The second kappa shape index (κ2) is 7.91. The minimum atomic E-state index is -0.596. The molecule has 1 heterocycles. The molecule has 3 rings (SSSR count). The molecule has 8 nitrogen and oxygen atoms in total. The van der Waals surface area contributed by atoms with E-state index in [0.29, 0.717) is 45.1 Å². The Balaban J connectivity index is 2.03. The molecule has 0 radical (unpaired) electrons. The van der Waals surface area contributed by atoms with Crippen molar-refractivity contribution >= 4 is 22.7 Å². The van der Waals surface area contributed by atoms with Crippen LogP contribution in [-0.4, -0.2) is 39.6 Å². The van der Waals surface area contributed by atoms with Crippen molar-refractivity contribution in [2.45, 2.75) is 0 Å². The van der Waals surface area contributed by atoms with Crippen LogP contribution in [0, 0.1) is 0 Å². The predicted octanol–water partition coefficient (Wildman–Crippen LogP) is 2.55. The van der Waals surface area contributed by atoms with Crippen LogP contribution in [0.2, 0.25) is 0 Å². The number of rotatable bonds is 8. The first-order chi connectivity index (χ1) is 13.5. The number of ketones is 1. The van der Waals surface area contributed by atoms with Crippen LogP contribution >= 0.6 is 0 Å². The van der Waals surface area contributed by atoms with E-state index in [1.165, 1.54) is 27.6 Å². The Kier molecular flexibility index (Phi) is 5.39. The lowest BCUT2D eigenvalue weighted by Gasteiger charge is -2.13. The summed E-state index contributed by atoms with van der Waals surface area (Å²) in [6, 6.07) is 8.03. The molecular weight excluding hydrogens is 366 g/mol. The molecule has 0 aliphatic heterocycles. The highest BCUT2D eigenvalue weighted by atomic mass is 16.5. The number of hydrogen-bond acceptors (Lipinski definition) is 7. The first kappa shape index (κ1) is 19.1. The molecule has 0 aliphatic rings. The number of benzene rings is 2. The van der Waals surface area contributed by atoms with E-state index < -0.39 is 5.91 Å². The minimum Gasteiger partial charge on any atom is -0.493 e. The Morgan fingerprint density at radius 1 is 1.00 bits per heavy atom. The Hall–Kier alpha value is -3.68. The number of hydrogen-bond donors (Lipinski definition) is 1. The summed E-state index contributed by atoms with van der Waals surface area (Å²) in [4.78, 5) is 24.0. The number of furan rings is 1. The van der Waals surface area contributed by atoms with Gasteiger partial charge in [-0.3, -0.25) is 9.59 Å². The lowest BCUT2D eigenvalue weighted by molar-refractivity contribution is -0.119. The van der Waals surface area contributed by atoms with Gasteiger partial charge in [0.1, 0.15) is 17.6 Å². The molecule has 28 heavy (non-hydrogen) atoms. The van der Waals surface area contributed by atoms with E-state index in [-0.39, 0.29) is 12.4 Å². The van der Waals surface area contributed by atoms with E-state index in [1.54, 1.807) is 30.3 Å². The number of ether oxygens (including phenoxy) is 4. The molecule has 3 aromatic rings. The lowest BCUT2D eigenvalue weighted by Crippen LogP contribution is -2.19. The topological polar surface area (TPSA) is 110 Å². The quantitative estimate of drug-likeness (QED) is 0.593. The Morgan fingerprint density at radius 2 is 1.68 bits per heavy atom.